The molecule has 1 atom stereocenters. The van der Waals surface area contributed by atoms with Gasteiger partial charge < -0.3 is 20.3 Å². The maximum absolute atomic E-state index is 12.5. The zero-order valence-corrected chi connectivity index (χ0v) is 17.9. The van der Waals surface area contributed by atoms with Gasteiger partial charge in [0.1, 0.15) is 6.04 Å². The van der Waals surface area contributed by atoms with E-state index in [9.17, 15) is 9.59 Å². The molecule has 0 bridgehead atoms. The fraction of sp³-hybridized carbons (Fsp3) is 0.286. The molecule has 2 amide bonds. The van der Waals surface area contributed by atoms with Gasteiger partial charge >= 0.3 is 0 Å². The summed E-state index contributed by atoms with van der Waals surface area (Å²) in [7, 11) is 0. The van der Waals surface area contributed by atoms with E-state index in [-0.39, 0.29) is 11.8 Å². The second kappa shape index (κ2) is 8.99. The van der Waals surface area contributed by atoms with Gasteiger partial charge in [-0.05, 0) is 49.4 Å². The second-order valence-electron chi connectivity index (χ2n) is 6.97. The molecule has 30 heavy (non-hydrogen) atoms. The molecule has 156 valence electrons. The lowest BCUT2D eigenvalue weighted by Gasteiger charge is -2.25. The molecule has 1 aromatic heterocycles. The van der Waals surface area contributed by atoms with E-state index < -0.39 is 6.04 Å². The number of nitrogens with zero attached hydrogens (tertiary/aromatic N) is 2. The number of rotatable bonds is 5. The number of benzene rings is 2. The topological polar surface area (TPSA) is 83.6 Å². The zero-order valence-electron chi connectivity index (χ0n) is 16.4. The number of nitrogens with one attached hydrogen (secondary N) is 2. The first-order valence-electron chi connectivity index (χ1n) is 9.60. The third-order valence-corrected chi connectivity index (χ3v) is 6.10. The van der Waals surface area contributed by atoms with Crippen molar-refractivity contribution < 1.29 is 14.3 Å². The monoisotopic (exact) mass is 444 g/mol. The second-order valence-corrected chi connectivity index (χ2v) is 8.42. The summed E-state index contributed by atoms with van der Waals surface area (Å²) in [6.07, 6.45) is 0. The predicted octanol–water partition coefficient (Wildman–Crippen LogP) is 3.54. The van der Waals surface area contributed by atoms with Gasteiger partial charge in [-0.1, -0.05) is 22.9 Å². The third-order valence-electron chi connectivity index (χ3n) is 4.77. The van der Waals surface area contributed by atoms with Crippen LogP contribution in [0.5, 0.6) is 0 Å². The van der Waals surface area contributed by atoms with Gasteiger partial charge in [-0.3, -0.25) is 9.59 Å². The van der Waals surface area contributed by atoms with Gasteiger partial charge in [0.25, 0.3) is 5.91 Å². The number of ether oxygens (including phenoxy) is 1. The van der Waals surface area contributed by atoms with Crippen molar-refractivity contribution in [3.05, 3.63) is 53.1 Å². The van der Waals surface area contributed by atoms with Crippen LogP contribution in [0.25, 0.3) is 10.2 Å². The van der Waals surface area contributed by atoms with Crippen LogP contribution in [0.2, 0.25) is 5.02 Å². The molecule has 0 spiro atoms. The van der Waals surface area contributed by atoms with Crippen molar-refractivity contribution >= 4 is 55.8 Å². The first kappa shape index (κ1) is 20.6. The van der Waals surface area contributed by atoms with E-state index in [0.29, 0.717) is 29.5 Å². The van der Waals surface area contributed by atoms with Gasteiger partial charge in [-0.25, -0.2) is 4.98 Å². The van der Waals surface area contributed by atoms with Gasteiger partial charge in [-0.15, -0.1) is 0 Å². The van der Waals surface area contributed by atoms with E-state index in [1.165, 1.54) is 0 Å². The highest BCUT2D eigenvalue weighted by molar-refractivity contribution is 7.22. The lowest BCUT2D eigenvalue weighted by Crippen LogP contribution is -2.41. The Morgan fingerprint density at radius 1 is 1.17 bits per heavy atom. The standard InChI is InChI=1S/C21H21ClN4O3S/c1-13(23-20(28)14-2-4-15(22)5-3-14)19(27)24-16-6-7-17-18(12-16)30-21(25-17)26-8-10-29-11-9-26/h2-7,12-13H,8-11H2,1H3,(H,23,28)(H,24,27)/t13-/m1/s1. The minimum atomic E-state index is -0.700. The average molecular weight is 445 g/mol. The highest BCUT2D eigenvalue weighted by Gasteiger charge is 2.18. The summed E-state index contributed by atoms with van der Waals surface area (Å²) in [5.41, 5.74) is 2.00. The number of hydrogen-bond donors (Lipinski definition) is 2. The molecule has 1 aliphatic rings. The molecule has 7 nitrogen and oxygen atoms in total. The predicted molar refractivity (Wildman–Crippen MR) is 120 cm³/mol. The minimum Gasteiger partial charge on any atom is -0.378 e. The van der Waals surface area contributed by atoms with Gasteiger partial charge in [0.2, 0.25) is 5.91 Å². The molecule has 0 aliphatic carbocycles. The molecule has 1 saturated heterocycles. The van der Waals surface area contributed by atoms with E-state index in [0.717, 1.165) is 28.4 Å². The molecule has 0 radical (unpaired) electrons. The Balaban J connectivity index is 1.40. The smallest absolute Gasteiger partial charge is 0.251 e. The number of carbonyl (C=O) groups excluding carboxylic acids is 2. The largest absolute Gasteiger partial charge is 0.378 e. The molecular formula is C21H21ClN4O3S. The highest BCUT2D eigenvalue weighted by atomic mass is 35.5. The van der Waals surface area contributed by atoms with Crippen LogP contribution in [-0.4, -0.2) is 49.1 Å². The normalized spacial score (nSPS) is 15.1. The van der Waals surface area contributed by atoms with Gasteiger partial charge in [-0.2, -0.15) is 0 Å². The summed E-state index contributed by atoms with van der Waals surface area (Å²) in [4.78, 5) is 31.7. The molecule has 3 aromatic rings. The first-order valence-corrected chi connectivity index (χ1v) is 10.8. The summed E-state index contributed by atoms with van der Waals surface area (Å²) >= 11 is 7.43. The maximum Gasteiger partial charge on any atom is 0.251 e. The van der Waals surface area contributed by atoms with Gasteiger partial charge in [0.15, 0.2) is 5.13 Å². The van der Waals surface area contributed by atoms with Crippen LogP contribution < -0.4 is 15.5 Å². The Hall–Kier alpha value is -2.68. The quantitative estimate of drug-likeness (QED) is 0.628. The number of halogens is 1. The molecule has 1 fully saturated rings. The SMILES string of the molecule is C[C@@H](NC(=O)c1ccc(Cl)cc1)C(=O)Nc1ccc2nc(N3CCOCC3)sc2c1. The van der Waals surface area contributed by atoms with Crippen LogP contribution >= 0.6 is 22.9 Å². The number of anilines is 2. The summed E-state index contributed by atoms with van der Waals surface area (Å²) in [6, 6.07) is 11.4. The fourth-order valence-electron chi connectivity index (χ4n) is 3.08. The van der Waals surface area contributed by atoms with Gasteiger partial charge in [0, 0.05) is 29.4 Å². The molecule has 4 rings (SSSR count). The average Bonchev–Trinajstić information content (AvgIpc) is 3.18. The van der Waals surface area contributed by atoms with Crippen molar-refractivity contribution in [3.8, 4) is 0 Å². The Morgan fingerprint density at radius 3 is 2.63 bits per heavy atom. The van der Waals surface area contributed by atoms with E-state index >= 15 is 0 Å². The van der Waals surface area contributed by atoms with Crippen LogP contribution in [0, 0.1) is 0 Å². The van der Waals surface area contributed by atoms with Crippen LogP contribution in [0.15, 0.2) is 42.5 Å². The molecule has 2 N–H and O–H groups in total. The van der Waals surface area contributed by atoms with Crippen molar-refractivity contribution in [1.29, 1.82) is 0 Å². The number of aromatic nitrogens is 1. The molecule has 0 saturated carbocycles. The van der Waals surface area contributed by atoms with Crippen molar-refractivity contribution in [2.75, 3.05) is 36.5 Å². The molecule has 0 unspecified atom stereocenters. The Morgan fingerprint density at radius 2 is 1.90 bits per heavy atom. The summed E-state index contributed by atoms with van der Waals surface area (Å²) in [5.74, 6) is -0.628. The van der Waals surface area contributed by atoms with Gasteiger partial charge in [0.05, 0.1) is 23.4 Å². The number of carbonyl (C=O) groups is 2. The van der Waals surface area contributed by atoms with E-state index in [1.54, 1.807) is 42.5 Å². The van der Waals surface area contributed by atoms with Crippen LogP contribution in [0.1, 0.15) is 17.3 Å². The zero-order chi connectivity index (χ0) is 21.1. The van der Waals surface area contributed by atoms with Crippen molar-refractivity contribution in [2.24, 2.45) is 0 Å². The van der Waals surface area contributed by atoms with Crippen molar-refractivity contribution in [2.45, 2.75) is 13.0 Å². The number of morpholine rings is 1. The third kappa shape index (κ3) is 4.72. The Kier molecular flexibility index (Phi) is 6.17. The first-order chi connectivity index (χ1) is 14.5. The summed E-state index contributed by atoms with van der Waals surface area (Å²) < 4.78 is 6.39. The summed E-state index contributed by atoms with van der Waals surface area (Å²) in [6.45, 7) is 4.71. The molecule has 1 aliphatic heterocycles. The highest BCUT2D eigenvalue weighted by Crippen LogP contribution is 2.31. The van der Waals surface area contributed by atoms with Crippen molar-refractivity contribution in [1.82, 2.24) is 10.3 Å². The fourth-order valence-corrected chi connectivity index (χ4v) is 4.26. The maximum atomic E-state index is 12.5. The minimum absolute atomic E-state index is 0.297. The molecule has 9 heteroatoms. The van der Waals surface area contributed by atoms with E-state index in [2.05, 4.69) is 20.5 Å². The van der Waals surface area contributed by atoms with Crippen molar-refractivity contribution in [3.63, 3.8) is 0 Å². The summed E-state index contributed by atoms with van der Waals surface area (Å²) in [5, 5.41) is 7.06. The van der Waals surface area contributed by atoms with Crippen LogP contribution in [0.4, 0.5) is 10.8 Å². The van der Waals surface area contributed by atoms with E-state index in [4.69, 9.17) is 16.3 Å². The Bertz CT molecular complexity index is 1060. The van der Waals surface area contributed by atoms with E-state index in [1.807, 2.05) is 18.2 Å². The number of thiazole rings is 1. The Labute approximate surface area is 183 Å². The molecular weight excluding hydrogens is 424 g/mol. The van der Waals surface area contributed by atoms with Crippen LogP contribution in [-0.2, 0) is 9.53 Å². The number of amides is 2. The van der Waals surface area contributed by atoms with Crippen LogP contribution in [0.3, 0.4) is 0 Å². The molecule has 2 heterocycles. The lowest BCUT2D eigenvalue weighted by molar-refractivity contribution is -0.117. The number of fused-ring (bicyclic) bond motifs is 1. The number of hydrogen-bond acceptors (Lipinski definition) is 6. The lowest BCUT2D eigenvalue weighted by atomic mass is 10.2. The molecule has 2 aromatic carbocycles.